The molecule has 2 heterocycles. The summed E-state index contributed by atoms with van der Waals surface area (Å²) in [6, 6.07) is 25.2. The van der Waals surface area contributed by atoms with Crippen molar-refractivity contribution in [2.24, 2.45) is 5.10 Å². The van der Waals surface area contributed by atoms with Crippen LogP contribution in [0.25, 0.3) is 0 Å². The van der Waals surface area contributed by atoms with Gasteiger partial charge in [-0.2, -0.15) is 20.1 Å². The van der Waals surface area contributed by atoms with Gasteiger partial charge in [0, 0.05) is 29.4 Å². The summed E-state index contributed by atoms with van der Waals surface area (Å²) in [5.74, 6) is 2.21. The lowest BCUT2D eigenvalue weighted by molar-refractivity contribution is 0.306. The van der Waals surface area contributed by atoms with Crippen molar-refractivity contribution in [2.75, 3.05) is 28.7 Å². The lowest BCUT2D eigenvalue weighted by Gasteiger charge is -2.26. The molecule has 0 aliphatic carbocycles. The number of nitrogens with one attached hydrogen (secondary N) is 2. The molecule has 1 saturated heterocycles. The molecule has 188 valence electrons. The number of anilines is 4. The highest BCUT2D eigenvalue weighted by atomic mass is 35.5. The summed E-state index contributed by atoms with van der Waals surface area (Å²) in [5, 5.41) is 8.32. The lowest BCUT2D eigenvalue weighted by atomic mass is 10.1. The van der Waals surface area contributed by atoms with E-state index in [2.05, 4.69) is 35.7 Å². The highest BCUT2D eigenvalue weighted by Crippen LogP contribution is 2.21. The summed E-state index contributed by atoms with van der Waals surface area (Å²) in [6.45, 7) is 2.25. The van der Waals surface area contributed by atoms with Crippen LogP contribution in [0.1, 0.15) is 30.4 Å². The standard InChI is InChI=1S/C28H28ClN7O/c29-25-15-6-5-11-22(25)20-37-24-14-9-10-21(18-24)19-30-35-27-32-26(31-23-12-3-1-4-13-23)33-28(34-27)36-16-7-2-8-17-36/h1,3-6,9-15,18-19H,2,7-8,16-17,20H2,(H2,31,32,33,34,35). The fourth-order valence-corrected chi connectivity index (χ4v) is 4.17. The van der Waals surface area contributed by atoms with E-state index in [9.17, 15) is 0 Å². The topological polar surface area (TPSA) is 87.6 Å². The van der Waals surface area contributed by atoms with Gasteiger partial charge in [-0.15, -0.1) is 0 Å². The number of ether oxygens (including phenoxy) is 1. The first-order valence-corrected chi connectivity index (χ1v) is 12.7. The smallest absolute Gasteiger partial charge is 0.250 e. The molecule has 5 rings (SSSR count). The van der Waals surface area contributed by atoms with Gasteiger partial charge in [0.1, 0.15) is 12.4 Å². The second-order valence-corrected chi connectivity index (χ2v) is 9.05. The van der Waals surface area contributed by atoms with E-state index in [1.165, 1.54) is 6.42 Å². The highest BCUT2D eigenvalue weighted by molar-refractivity contribution is 6.31. The minimum Gasteiger partial charge on any atom is -0.489 e. The molecule has 1 aliphatic rings. The van der Waals surface area contributed by atoms with E-state index in [-0.39, 0.29) is 0 Å². The van der Waals surface area contributed by atoms with Crippen molar-refractivity contribution < 1.29 is 4.74 Å². The first kappa shape index (κ1) is 24.5. The Hall–Kier alpha value is -4.17. The average molecular weight is 514 g/mol. The predicted molar refractivity (Wildman–Crippen MR) is 149 cm³/mol. The maximum Gasteiger partial charge on any atom is 0.250 e. The van der Waals surface area contributed by atoms with E-state index < -0.39 is 0 Å². The molecule has 0 bridgehead atoms. The third-order valence-electron chi connectivity index (χ3n) is 5.88. The third-order valence-corrected chi connectivity index (χ3v) is 6.25. The number of halogens is 1. The van der Waals surface area contributed by atoms with E-state index in [4.69, 9.17) is 16.3 Å². The van der Waals surface area contributed by atoms with Crippen LogP contribution in [-0.4, -0.2) is 34.3 Å². The van der Waals surface area contributed by atoms with E-state index in [1.54, 1.807) is 6.21 Å². The number of aromatic nitrogens is 3. The SMILES string of the molecule is Clc1ccccc1COc1cccc(C=NNc2nc(Nc3ccccc3)nc(N3CCCCC3)n2)c1. The number of hydrogen-bond acceptors (Lipinski definition) is 8. The van der Waals surface area contributed by atoms with Gasteiger partial charge in [0.15, 0.2) is 0 Å². The second kappa shape index (κ2) is 12.2. The van der Waals surface area contributed by atoms with Gasteiger partial charge < -0.3 is 15.0 Å². The fraction of sp³-hybridized carbons (Fsp3) is 0.214. The maximum atomic E-state index is 6.23. The van der Waals surface area contributed by atoms with Crippen LogP contribution >= 0.6 is 11.6 Å². The first-order valence-electron chi connectivity index (χ1n) is 12.3. The van der Waals surface area contributed by atoms with Gasteiger partial charge in [-0.3, -0.25) is 0 Å². The summed E-state index contributed by atoms with van der Waals surface area (Å²) in [6.07, 6.45) is 5.19. The Kier molecular flexibility index (Phi) is 8.07. The zero-order valence-electron chi connectivity index (χ0n) is 20.3. The molecule has 0 atom stereocenters. The summed E-state index contributed by atoms with van der Waals surface area (Å²) in [4.78, 5) is 16.0. The monoisotopic (exact) mass is 513 g/mol. The molecule has 1 fully saturated rings. The average Bonchev–Trinajstić information content (AvgIpc) is 2.94. The van der Waals surface area contributed by atoms with Crippen molar-refractivity contribution in [1.29, 1.82) is 0 Å². The summed E-state index contributed by atoms with van der Waals surface area (Å²) in [7, 11) is 0. The van der Waals surface area contributed by atoms with Gasteiger partial charge in [0.05, 0.1) is 6.21 Å². The minimum atomic E-state index is 0.372. The van der Waals surface area contributed by atoms with E-state index in [1.807, 2.05) is 78.9 Å². The van der Waals surface area contributed by atoms with Gasteiger partial charge >= 0.3 is 0 Å². The molecule has 1 aliphatic heterocycles. The number of nitrogens with zero attached hydrogens (tertiary/aromatic N) is 5. The quantitative estimate of drug-likeness (QED) is 0.201. The van der Waals surface area contributed by atoms with E-state index in [0.29, 0.717) is 29.5 Å². The van der Waals surface area contributed by atoms with Gasteiger partial charge in [0.25, 0.3) is 0 Å². The van der Waals surface area contributed by atoms with Crippen molar-refractivity contribution >= 4 is 41.3 Å². The van der Waals surface area contributed by atoms with Crippen LogP contribution < -0.4 is 20.4 Å². The number of piperidine rings is 1. The third kappa shape index (κ3) is 6.95. The molecular formula is C28H28ClN7O. The Bertz CT molecular complexity index is 1340. The molecular weight excluding hydrogens is 486 g/mol. The first-order chi connectivity index (χ1) is 18.2. The van der Waals surface area contributed by atoms with Crippen LogP contribution in [0.3, 0.4) is 0 Å². The van der Waals surface area contributed by atoms with Gasteiger partial charge in [-0.1, -0.05) is 60.1 Å². The van der Waals surface area contributed by atoms with Gasteiger partial charge in [0.2, 0.25) is 17.8 Å². The molecule has 8 nitrogen and oxygen atoms in total. The van der Waals surface area contributed by atoms with Gasteiger partial charge in [-0.05, 0) is 55.2 Å². The zero-order valence-corrected chi connectivity index (χ0v) is 21.1. The van der Waals surface area contributed by atoms with E-state index in [0.717, 1.165) is 48.5 Å². The zero-order chi connectivity index (χ0) is 25.3. The van der Waals surface area contributed by atoms with Crippen molar-refractivity contribution in [1.82, 2.24) is 15.0 Å². The Balaban J connectivity index is 1.28. The second-order valence-electron chi connectivity index (χ2n) is 8.64. The molecule has 0 saturated carbocycles. The maximum absolute atomic E-state index is 6.23. The Labute approximate surface area is 221 Å². The van der Waals surface area contributed by atoms with Crippen molar-refractivity contribution in [3.8, 4) is 5.75 Å². The molecule has 0 spiro atoms. The van der Waals surface area contributed by atoms with Crippen molar-refractivity contribution in [3.05, 3.63) is 95.0 Å². The molecule has 3 aromatic carbocycles. The number of para-hydroxylation sites is 1. The van der Waals surface area contributed by atoms with Gasteiger partial charge in [-0.25, -0.2) is 5.43 Å². The number of hydrogen-bond donors (Lipinski definition) is 2. The van der Waals surface area contributed by atoms with Crippen molar-refractivity contribution in [2.45, 2.75) is 25.9 Å². The van der Waals surface area contributed by atoms with Crippen LogP contribution in [0.2, 0.25) is 5.02 Å². The minimum absolute atomic E-state index is 0.372. The summed E-state index contributed by atoms with van der Waals surface area (Å²) in [5.41, 5.74) is 5.68. The Morgan fingerprint density at radius 1 is 0.865 bits per heavy atom. The molecule has 0 amide bonds. The molecule has 9 heteroatoms. The lowest BCUT2D eigenvalue weighted by Crippen LogP contribution is -2.31. The van der Waals surface area contributed by atoms with E-state index >= 15 is 0 Å². The van der Waals surface area contributed by atoms with Crippen LogP contribution in [-0.2, 0) is 6.61 Å². The molecule has 37 heavy (non-hydrogen) atoms. The summed E-state index contributed by atoms with van der Waals surface area (Å²) < 4.78 is 5.92. The highest BCUT2D eigenvalue weighted by Gasteiger charge is 2.16. The molecule has 1 aromatic heterocycles. The predicted octanol–water partition coefficient (Wildman–Crippen LogP) is 6.28. The molecule has 0 radical (unpaired) electrons. The van der Waals surface area contributed by atoms with Crippen LogP contribution in [0.4, 0.5) is 23.5 Å². The van der Waals surface area contributed by atoms with Crippen molar-refractivity contribution in [3.63, 3.8) is 0 Å². The number of rotatable bonds is 9. The Morgan fingerprint density at radius 2 is 1.65 bits per heavy atom. The fourth-order valence-electron chi connectivity index (χ4n) is 3.98. The van der Waals surface area contributed by atoms with Crippen LogP contribution in [0, 0.1) is 0 Å². The molecule has 0 unspecified atom stereocenters. The van der Waals surface area contributed by atoms with Crippen LogP contribution in [0.15, 0.2) is 84.0 Å². The largest absolute Gasteiger partial charge is 0.489 e. The summed E-state index contributed by atoms with van der Waals surface area (Å²) >= 11 is 6.23. The number of hydrazone groups is 1. The number of benzene rings is 3. The molecule has 4 aromatic rings. The normalized spacial score (nSPS) is 13.5. The molecule has 2 N–H and O–H groups in total. The Morgan fingerprint density at radius 3 is 2.49 bits per heavy atom. The van der Waals surface area contributed by atoms with Crippen LogP contribution in [0.5, 0.6) is 5.75 Å².